The van der Waals surface area contributed by atoms with E-state index in [1.54, 1.807) is 42.6 Å². The molecule has 32 heavy (non-hydrogen) atoms. The first-order valence-corrected chi connectivity index (χ1v) is 12.6. The van der Waals surface area contributed by atoms with Gasteiger partial charge in [0.1, 0.15) is 16.3 Å². The van der Waals surface area contributed by atoms with E-state index in [1.807, 2.05) is 0 Å². The van der Waals surface area contributed by atoms with Crippen molar-refractivity contribution < 1.29 is 27.3 Å². The predicted octanol–water partition coefficient (Wildman–Crippen LogP) is 1.51. The van der Waals surface area contributed by atoms with Gasteiger partial charge in [0.15, 0.2) is 0 Å². The van der Waals surface area contributed by atoms with Crippen molar-refractivity contribution in [2.24, 2.45) is 0 Å². The van der Waals surface area contributed by atoms with Crippen LogP contribution in [0.4, 0.5) is 10.5 Å². The monoisotopic (exact) mass is 478 g/mol. The fraction of sp³-hybridized carbons (Fsp3) is 0.333. The number of sulfonamides is 1. The number of thiophene rings is 1. The Balaban J connectivity index is 1.47. The number of carbonyl (C=O) groups excluding carboxylic acids is 1. The highest BCUT2D eigenvalue weighted by Crippen LogP contribution is 2.22. The molecule has 3 aromatic rings. The molecule has 1 amide bonds. The Morgan fingerprint density at radius 3 is 2.72 bits per heavy atom. The minimum atomic E-state index is -3.45. The molecule has 3 heterocycles. The van der Waals surface area contributed by atoms with Crippen LogP contribution in [0.3, 0.4) is 0 Å². The normalized spacial score (nSPS) is 15.7. The summed E-state index contributed by atoms with van der Waals surface area (Å²) in [4.78, 5) is 24.9. The van der Waals surface area contributed by atoms with Crippen molar-refractivity contribution in [2.75, 3.05) is 38.1 Å². The van der Waals surface area contributed by atoms with Gasteiger partial charge in [-0.25, -0.2) is 18.0 Å². The fourth-order valence-corrected chi connectivity index (χ4v) is 6.35. The zero-order valence-electron chi connectivity index (χ0n) is 17.5. The highest BCUT2D eigenvalue weighted by Gasteiger charge is 2.31. The second kappa shape index (κ2) is 9.41. The van der Waals surface area contributed by atoms with E-state index in [0.29, 0.717) is 48.2 Å². The zero-order valence-corrected chi connectivity index (χ0v) is 19.1. The molecule has 0 saturated carbocycles. The molecular weight excluding hydrogens is 454 g/mol. The number of quaternary nitrogens is 1. The minimum absolute atomic E-state index is 0.253. The minimum Gasteiger partial charge on any atom is -0.450 e. The van der Waals surface area contributed by atoms with Crippen LogP contribution in [0.15, 0.2) is 55.2 Å². The van der Waals surface area contributed by atoms with Crippen LogP contribution >= 0.6 is 11.3 Å². The van der Waals surface area contributed by atoms with Gasteiger partial charge in [0.25, 0.3) is 10.0 Å². The van der Waals surface area contributed by atoms with Gasteiger partial charge in [-0.3, -0.25) is 5.32 Å². The molecule has 2 N–H and O–H groups in total. The molecule has 4 rings (SSSR count). The van der Waals surface area contributed by atoms with Crippen LogP contribution in [0, 0.1) is 0 Å². The molecule has 2 aromatic heterocycles. The lowest BCUT2D eigenvalue weighted by Crippen LogP contribution is -3.13. The molecule has 0 bridgehead atoms. The Morgan fingerprint density at radius 1 is 1.25 bits per heavy atom. The lowest BCUT2D eigenvalue weighted by molar-refractivity contribution is -0.917. The Labute approximate surface area is 189 Å². The molecule has 1 saturated heterocycles. The molecule has 0 unspecified atom stereocenters. The summed E-state index contributed by atoms with van der Waals surface area (Å²) < 4.78 is 37.5. The lowest BCUT2D eigenvalue weighted by atomic mass is 10.1. The van der Waals surface area contributed by atoms with E-state index in [9.17, 15) is 18.0 Å². The lowest BCUT2D eigenvalue weighted by Gasteiger charge is -2.31. The number of carbonyl (C=O) groups is 1. The van der Waals surface area contributed by atoms with E-state index in [4.69, 9.17) is 9.15 Å². The summed E-state index contributed by atoms with van der Waals surface area (Å²) in [6.07, 6.45) is -0.579. The maximum absolute atomic E-state index is 12.7. The topological polar surface area (TPSA) is 110 Å². The van der Waals surface area contributed by atoms with Crippen molar-refractivity contribution in [3.05, 3.63) is 57.8 Å². The van der Waals surface area contributed by atoms with Gasteiger partial charge in [-0.1, -0.05) is 6.07 Å². The molecule has 0 spiro atoms. The second-order valence-electron chi connectivity index (χ2n) is 7.41. The van der Waals surface area contributed by atoms with Crippen LogP contribution in [0.25, 0.3) is 11.0 Å². The van der Waals surface area contributed by atoms with Crippen LogP contribution in [-0.4, -0.2) is 51.6 Å². The van der Waals surface area contributed by atoms with E-state index >= 15 is 0 Å². The Kier molecular flexibility index (Phi) is 6.60. The third-order valence-electron chi connectivity index (χ3n) is 5.31. The standard InChI is InChI=1S/C21H23N3O6S2/c1-2-29-21(26)22-16-5-6-17-15(12-19(25)30-18(17)13-16)14-23-7-9-24(10-8-23)32(27,28)20-4-3-11-31-20/h3-6,11-13H,2,7-10,14H2,1H3,(H,22,26)/p+1. The summed E-state index contributed by atoms with van der Waals surface area (Å²) in [7, 11) is -3.45. The highest BCUT2D eigenvalue weighted by molar-refractivity contribution is 7.91. The van der Waals surface area contributed by atoms with Crippen LogP contribution in [0.2, 0.25) is 0 Å². The maximum Gasteiger partial charge on any atom is 0.411 e. The summed E-state index contributed by atoms with van der Waals surface area (Å²) in [5.74, 6) is 0. The molecule has 1 aliphatic rings. The molecule has 1 fully saturated rings. The molecule has 9 nitrogen and oxygen atoms in total. The molecular formula is C21H24N3O6S2+. The van der Waals surface area contributed by atoms with Gasteiger partial charge in [0, 0.05) is 28.8 Å². The third kappa shape index (κ3) is 4.85. The Morgan fingerprint density at radius 2 is 2.03 bits per heavy atom. The Hall–Kier alpha value is -2.73. The maximum atomic E-state index is 12.7. The molecule has 1 aliphatic heterocycles. The molecule has 1 aromatic carbocycles. The van der Waals surface area contributed by atoms with Gasteiger partial charge in [-0.2, -0.15) is 4.31 Å². The first kappa shape index (κ1) is 22.5. The Bertz CT molecular complexity index is 1260. The number of nitrogens with one attached hydrogen (secondary N) is 2. The number of rotatable bonds is 6. The van der Waals surface area contributed by atoms with Crippen molar-refractivity contribution in [3.63, 3.8) is 0 Å². The highest BCUT2D eigenvalue weighted by atomic mass is 32.2. The van der Waals surface area contributed by atoms with Crippen molar-refractivity contribution in [2.45, 2.75) is 17.7 Å². The smallest absolute Gasteiger partial charge is 0.411 e. The van der Waals surface area contributed by atoms with E-state index in [1.165, 1.54) is 26.6 Å². The fourth-order valence-electron chi connectivity index (χ4n) is 3.77. The number of piperazine rings is 1. The number of nitrogens with zero attached hydrogens (tertiary/aromatic N) is 1. The molecule has 11 heteroatoms. The number of ether oxygens (including phenoxy) is 1. The van der Waals surface area contributed by atoms with Crippen molar-refractivity contribution >= 4 is 44.1 Å². The van der Waals surface area contributed by atoms with Crippen molar-refractivity contribution in [1.82, 2.24) is 4.31 Å². The summed E-state index contributed by atoms with van der Waals surface area (Å²) in [5, 5.41) is 5.13. The number of hydrogen-bond acceptors (Lipinski definition) is 7. The second-order valence-corrected chi connectivity index (χ2v) is 10.5. The molecule has 0 atom stereocenters. The number of amides is 1. The first-order valence-electron chi connectivity index (χ1n) is 10.2. The van der Waals surface area contributed by atoms with Crippen LogP contribution in [-0.2, 0) is 21.3 Å². The summed E-state index contributed by atoms with van der Waals surface area (Å²) >= 11 is 1.22. The van der Waals surface area contributed by atoms with Gasteiger partial charge >= 0.3 is 11.7 Å². The van der Waals surface area contributed by atoms with E-state index in [2.05, 4.69) is 5.32 Å². The largest absolute Gasteiger partial charge is 0.450 e. The first-order chi connectivity index (χ1) is 15.4. The third-order valence-corrected chi connectivity index (χ3v) is 8.58. The number of benzene rings is 1. The summed E-state index contributed by atoms with van der Waals surface area (Å²) in [6.45, 7) is 4.64. The number of hydrogen-bond donors (Lipinski definition) is 2. The van der Waals surface area contributed by atoms with Gasteiger partial charge in [0.05, 0.1) is 32.8 Å². The predicted molar refractivity (Wildman–Crippen MR) is 121 cm³/mol. The quantitative estimate of drug-likeness (QED) is 0.520. The summed E-state index contributed by atoms with van der Waals surface area (Å²) in [5.41, 5.74) is 1.19. The average Bonchev–Trinajstić information content (AvgIpc) is 3.30. The van der Waals surface area contributed by atoms with Crippen molar-refractivity contribution in [1.29, 1.82) is 0 Å². The van der Waals surface area contributed by atoms with Gasteiger partial charge in [0.2, 0.25) is 0 Å². The van der Waals surface area contributed by atoms with Crippen LogP contribution < -0.4 is 15.8 Å². The van der Waals surface area contributed by atoms with Crippen molar-refractivity contribution in [3.8, 4) is 0 Å². The molecule has 0 radical (unpaired) electrons. The van der Waals surface area contributed by atoms with Gasteiger partial charge < -0.3 is 14.1 Å². The average molecular weight is 479 g/mol. The van der Waals surface area contributed by atoms with Crippen LogP contribution in [0.5, 0.6) is 0 Å². The molecule has 0 aliphatic carbocycles. The zero-order chi connectivity index (χ0) is 22.7. The van der Waals surface area contributed by atoms with Gasteiger partial charge in [-0.05, 0) is 30.5 Å². The summed E-state index contributed by atoms with van der Waals surface area (Å²) in [6, 6.07) is 9.95. The number of fused-ring (bicyclic) bond motifs is 1. The van der Waals surface area contributed by atoms with E-state index in [-0.39, 0.29) is 6.61 Å². The van der Waals surface area contributed by atoms with E-state index in [0.717, 1.165) is 10.9 Å². The number of anilines is 1. The van der Waals surface area contributed by atoms with Gasteiger partial charge in [-0.15, -0.1) is 11.3 Å². The molecule has 170 valence electrons. The van der Waals surface area contributed by atoms with Crippen LogP contribution in [0.1, 0.15) is 12.5 Å². The van der Waals surface area contributed by atoms with E-state index < -0.39 is 21.7 Å². The SMILES string of the molecule is CCOC(=O)Nc1ccc2c(C[NH+]3CCN(S(=O)(=O)c4cccs4)CC3)cc(=O)oc2c1.